The number of aromatic nitrogens is 5. The van der Waals surface area contributed by atoms with Gasteiger partial charge in [-0.2, -0.15) is 4.68 Å². The molecule has 0 amide bonds. The lowest BCUT2D eigenvalue weighted by atomic mass is 10.2. The summed E-state index contributed by atoms with van der Waals surface area (Å²) >= 11 is 11.9. The summed E-state index contributed by atoms with van der Waals surface area (Å²) in [7, 11) is 0. The van der Waals surface area contributed by atoms with Gasteiger partial charge in [0.1, 0.15) is 0 Å². The van der Waals surface area contributed by atoms with Crippen molar-refractivity contribution in [1.29, 1.82) is 0 Å². The minimum Gasteiger partial charge on any atom is -0.254 e. The van der Waals surface area contributed by atoms with Gasteiger partial charge < -0.3 is 0 Å². The second-order valence-electron chi connectivity index (χ2n) is 3.61. The van der Waals surface area contributed by atoms with E-state index in [0.717, 1.165) is 16.6 Å². The molecule has 2 heterocycles. The molecule has 0 bridgehead atoms. The third-order valence-electron chi connectivity index (χ3n) is 2.58. The van der Waals surface area contributed by atoms with Crippen molar-refractivity contribution in [1.82, 2.24) is 25.2 Å². The second-order valence-corrected chi connectivity index (χ2v) is 4.28. The van der Waals surface area contributed by atoms with Crippen LogP contribution in [-0.2, 0) is 5.88 Å². The zero-order chi connectivity index (χ0) is 12.5. The van der Waals surface area contributed by atoms with Gasteiger partial charge in [0.15, 0.2) is 5.82 Å². The van der Waals surface area contributed by atoms with Gasteiger partial charge in [0.05, 0.1) is 22.1 Å². The lowest BCUT2D eigenvalue weighted by molar-refractivity contribution is 0.780. The quantitative estimate of drug-likeness (QED) is 0.677. The Hall–Kier alpha value is -1.72. The molecule has 0 atom stereocenters. The second kappa shape index (κ2) is 4.51. The fourth-order valence-corrected chi connectivity index (χ4v) is 2.15. The van der Waals surface area contributed by atoms with E-state index >= 15 is 0 Å². The fraction of sp³-hybridized carbons (Fsp3) is 0.0909. The van der Waals surface area contributed by atoms with Gasteiger partial charge in [-0.3, -0.25) is 4.98 Å². The molecule has 3 rings (SSSR count). The summed E-state index contributed by atoms with van der Waals surface area (Å²) in [6, 6.07) is 7.35. The van der Waals surface area contributed by atoms with Gasteiger partial charge in [0, 0.05) is 11.6 Å². The number of fused-ring (bicyclic) bond motifs is 1. The predicted octanol–water partition coefficient (Wildman–Crippen LogP) is 2.60. The molecule has 1 aromatic carbocycles. The van der Waals surface area contributed by atoms with Gasteiger partial charge in [-0.15, -0.1) is 16.7 Å². The van der Waals surface area contributed by atoms with Crippen molar-refractivity contribution in [2.45, 2.75) is 5.88 Å². The molecule has 5 nitrogen and oxygen atoms in total. The van der Waals surface area contributed by atoms with E-state index in [1.165, 1.54) is 0 Å². The molecule has 0 fully saturated rings. The highest BCUT2D eigenvalue weighted by atomic mass is 35.5. The maximum absolute atomic E-state index is 6.14. The molecule has 0 saturated carbocycles. The minimum atomic E-state index is 0.226. The van der Waals surface area contributed by atoms with Gasteiger partial charge in [0.2, 0.25) is 0 Å². The van der Waals surface area contributed by atoms with Crippen LogP contribution in [0.3, 0.4) is 0 Å². The first-order valence-electron chi connectivity index (χ1n) is 5.18. The highest BCUT2D eigenvalue weighted by Gasteiger charge is 2.12. The highest BCUT2D eigenvalue weighted by Crippen LogP contribution is 2.27. The van der Waals surface area contributed by atoms with Crippen molar-refractivity contribution in [2.75, 3.05) is 0 Å². The van der Waals surface area contributed by atoms with Gasteiger partial charge in [-0.25, -0.2) is 0 Å². The summed E-state index contributed by atoms with van der Waals surface area (Å²) < 4.78 is 1.57. The van der Waals surface area contributed by atoms with E-state index in [1.807, 2.05) is 18.2 Å². The Balaban J connectivity index is 2.34. The molecular weight excluding hydrogens is 273 g/mol. The molecule has 90 valence electrons. The van der Waals surface area contributed by atoms with E-state index in [2.05, 4.69) is 20.5 Å². The van der Waals surface area contributed by atoms with Crippen LogP contribution in [0.4, 0.5) is 0 Å². The average molecular weight is 280 g/mol. The lowest BCUT2D eigenvalue weighted by Gasteiger charge is -2.07. The van der Waals surface area contributed by atoms with Crippen LogP contribution in [0.25, 0.3) is 16.6 Å². The van der Waals surface area contributed by atoms with E-state index in [4.69, 9.17) is 23.2 Å². The number of hydrogen-bond donors (Lipinski definition) is 0. The first-order chi connectivity index (χ1) is 8.81. The number of halogens is 2. The van der Waals surface area contributed by atoms with Crippen LogP contribution in [0.15, 0.2) is 30.5 Å². The number of tetrazole rings is 1. The Morgan fingerprint density at radius 2 is 2.11 bits per heavy atom. The van der Waals surface area contributed by atoms with Gasteiger partial charge in [0.25, 0.3) is 0 Å². The van der Waals surface area contributed by atoms with Crippen molar-refractivity contribution < 1.29 is 0 Å². The molecule has 2 aromatic heterocycles. The average Bonchev–Trinajstić information content (AvgIpc) is 2.88. The van der Waals surface area contributed by atoms with Crippen LogP contribution >= 0.6 is 23.2 Å². The van der Waals surface area contributed by atoms with Crippen LogP contribution < -0.4 is 0 Å². The molecule has 18 heavy (non-hydrogen) atoms. The smallest absolute Gasteiger partial charge is 0.171 e. The number of pyridine rings is 1. The van der Waals surface area contributed by atoms with Crippen LogP contribution in [0.1, 0.15) is 5.82 Å². The number of alkyl halides is 1. The first-order valence-corrected chi connectivity index (χ1v) is 6.09. The number of benzene rings is 1. The van der Waals surface area contributed by atoms with E-state index in [-0.39, 0.29) is 5.88 Å². The molecule has 0 radical (unpaired) electrons. The Kier molecular flexibility index (Phi) is 2.85. The zero-order valence-electron chi connectivity index (χ0n) is 9.09. The molecule has 0 aliphatic carbocycles. The van der Waals surface area contributed by atoms with Crippen LogP contribution in [0.2, 0.25) is 5.02 Å². The van der Waals surface area contributed by atoms with Crippen molar-refractivity contribution in [3.8, 4) is 5.69 Å². The minimum absolute atomic E-state index is 0.226. The maximum Gasteiger partial charge on any atom is 0.171 e. The van der Waals surface area contributed by atoms with E-state index in [1.54, 1.807) is 16.9 Å². The van der Waals surface area contributed by atoms with Crippen molar-refractivity contribution >= 4 is 34.1 Å². The molecule has 3 aromatic rings. The molecule has 0 aliphatic heterocycles. The third kappa shape index (κ3) is 1.72. The molecule has 0 spiro atoms. The monoisotopic (exact) mass is 279 g/mol. The van der Waals surface area contributed by atoms with E-state index in [0.29, 0.717) is 10.8 Å². The molecular formula is C11H7Cl2N5. The number of nitrogens with zero attached hydrogens (tertiary/aromatic N) is 5. The summed E-state index contributed by atoms with van der Waals surface area (Å²) in [6.07, 6.45) is 1.70. The third-order valence-corrected chi connectivity index (χ3v) is 3.15. The van der Waals surface area contributed by atoms with Crippen molar-refractivity contribution in [3.63, 3.8) is 0 Å². The molecule has 0 saturated heterocycles. The SMILES string of the molecule is ClCc1nnnn1-c1ccc(Cl)c2cccnc12. The summed E-state index contributed by atoms with van der Waals surface area (Å²) in [6.45, 7) is 0. The predicted molar refractivity (Wildman–Crippen MR) is 69.0 cm³/mol. The largest absolute Gasteiger partial charge is 0.254 e. The molecule has 0 aliphatic rings. The first kappa shape index (κ1) is 11.4. The Labute approximate surface area is 112 Å². The van der Waals surface area contributed by atoms with Crippen LogP contribution in [0, 0.1) is 0 Å². The number of hydrogen-bond acceptors (Lipinski definition) is 4. The summed E-state index contributed by atoms with van der Waals surface area (Å²) in [5.41, 5.74) is 1.50. The number of rotatable bonds is 2. The Bertz CT molecular complexity index is 709. The summed E-state index contributed by atoms with van der Waals surface area (Å²) in [4.78, 5) is 4.33. The summed E-state index contributed by atoms with van der Waals surface area (Å²) in [5.74, 6) is 0.787. The maximum atomic E-state index is 6.14. The molecule has 0 unspecified atom stereocenters. The van der Waals surface area contributed by atoms with Crippen molar-refractivity contribution in [3.05, 3.63) is 41.3 Å². The topological polar surface area (TPSA) is 56.5 Å². The van der Waals surface area contributed by atoms with E-state index < -0.39 is 0 Å². The van der Waals surface area contributed by atoms with Gasteiger partial charge >= 0.3 is 0 Å². The van der Waals surface area contributed by atoms with Crippen molar-refractivity contribution in [2.24, 2.45) is 0 Å². The fourth-order valence-electron chi connectivity index (χ4n) is 1.77. The highest BCUT2D eigenvalue weighted by molar-refractivity contribution is 6.35. The molecule has 7 heteroatoms. The normalized spacial score (nSPS) is 11.0. The van der Waals surface area contributed by atoms with E-state index in [9.17, 15) is 0 Å². The van der Waals surface area contributed by atoms with Gasteiger partial charge in [-0.05, 0) is 34.7 Å². The lowest BCUT2D eigenvalue weighted by Crippen LogP contribution is -2.03. The van der Waals surface area contributed by atoms with Gasteiger partial charge in [-0.1, -0.05) is 11.6 Å². The summed E-state index contributed by atoms with van der Waals surface area (Å²) in [5, 5.41) is 12.9. The zero-order valence-corrected chi connectivity index (χ0v) is 10.6. The Morgan fingerprint density at radius 1 is 1.22 bits per heavy atom. The Morgan fingerprint density at radius 3 is 2.94 bits per heavy atom. The molecule has 0 N–H and O–H groups in total. The van der Waals surface area contributed by atoms with Crippen LogP contribution in [-0.4, -0.2) is 25.2 Å². The van der Waals surface area contributed by atoms with Crippen LogP contribution in [0.5, 0.6) is 0 Å². The standard InChI is InChI=1S/C11H7Cl2N5/c12-6-10-15-16-17-18(10)9-4-3-8(13)7-2-1-5-14-11(7)9/h1-5H,6H2.